The van der Waals surface area contributed by atoms with Crippen LogP contribution in [0.4, 0.5) is 0 Å². The van der Waals surface area contributed by atoms with Crippen molar-refractivity contribution in [2.45, 2.75) is 37.3 Å². The highest BCUT2D eigenvalue weighted by Crippen LogP contribution is 2.25. The van der Waals surface area contributed by atoms with E-state index in [0.29, 0.717) is 35.1 Å². The first kappa shape index (κ1) is 23.5. The Kier molecular flexibility index (Phi) is 7.94. The lowest BCUT2D eigenvalue weighted by Crippen LogP contribution is -2.32. The molecule has 9 heteroatoms. The summed E-state index contributed by atoms with van der Waals surface area (Å²) in [6.07, 6.45) is 1.98. The first-order valence-corrected chi connectivity index (χ1v) is 12.0. The van der Waals surface area contributed by atoms with Gasteiger partial charge >= 0.3 is 0 Å². The summed E-state index contributed by atoms with van der Waals surface area (Å²) in [5.74, 6) is 0.305. The number of halogens is 1. The molecule has 1 atom stereocenters. The molecule has 2 aromatic rings. The van der Waals surface area contributed by atoms with E-state index in [2.05, 4.69) is 5.32 Å². The Bertz CT molecular complexity index is 1010. The van der Waals surface area contributed by atoms with E-state index in [1.54, 1.807) is 18.2 Å². The number of sulfonamides is 1. The van der Waals surface area contributed by atoms with Gasteiger partial charge in [0.2, 0.25) is 10.0 Å². The SMILES string of the molecule is CCOc1ccc(C(=O)NC[C@@H]2CCCO2)cc1CN(C)S(=O)(=O)c1ccc(Cl)cc1. The van der Waals surface area contributed by atoms with Crippen molar-refractivity contribution < 1.29 is 22.7 Å². The fourth-order valence-electron chi connectivity index (χ4n) is 3.37. The van der Waals surface area contributed by atoms with E-state index in [1.807, 2.05) is 6.92 Å². The molecule has 0 unspecified atom stereocenters. The molecule has 1 aliphatic heterocycles. The summed E-state index contributed by atoms with van der Waals surface area (Å²) in [5, 5.41) is 3.35. The van der Waals surface area contributed by atoms with Crippen LogP contribution in [0.15, 0.2) is 47.4 Å². The van der Waals surface area contributed by atoms with Crippen molar-refractivity contribution in [2.75, 3.05) is 26.8 Å². The second-order valence-electron chi connectivity index (χ2n) is 7.32. The van der Waals surface area contributed by atoms with Gasteiger partial charge in [-0.2, -0.15) is 4.31 Å². The Hall–Kier alpha value is -2.13. The number of carbonyl (C=O) groups is 1. The highest BCUT2D eigenvalue weighted by atomic mass is 35.5. The van der Waals surface area contributed by atoms with E-state index in [4.69, 9.17) is 21.1 Å². The Morgan fingerprint density at radius 2 is 2.00 bits per heavy atom. The molecule has 0 radical (unpaired) electrons. The molecule has 0 saturated carbocycles. The number of benzene rings is 2. The van der Waals surface area contributed by atoms with Crippen LogP contribution in [0.5, 0.6) is 5.75 Å². The molecule has 7 nitrogen and oxygen atoms in total. The Morgan fingerprint density at radius 1 is 1.26 bits per heavy atom. The number of rotatable bonds is 9. The van der Waals surface area contributed by atoms with Crippen LogP contribution < -0.4 is 10.1 Å². The van der Waals surface area contributed by atoms with Crippen molar-refractivity contribution in [3.05, 3.63) is 58.6 Å². The van der Waals surface area contributed by atoms with Gasteiger partial charge in [0.1, 0.15) is 5.75 Å². The van der Waals surface area contributed by atoms with Gasteiger partial charge in [0.25, 0.3) is 5.91 Å². The van der Waals surface area contributed by atoms with E-state index in [9.17, 15) is 13.2 Å². The quantitative estimate of drug-likeness (QED) is 0.611. The molecular formula is C22H27ClN2O5S. The summed E-state index contributed by atoms with van der Waals surface area (Å²) < 4.78 is 38.3. The molecule has 1 aliphatic rings. The largest absolute Gasteiger partial charge is 0.494 e. The number of nitrogens with zero attached hydrogens (tertiary/aromatic N) is 1. The van der Waals surface area contributed by atoms with Crippen LogP contribution in [0.2, 0.25) is 5.02 Å². The molecule has 1 amide bonds. The molecule has 1 N–H and O–H groups in total. The van der Waals surface area contributed by atoms with Crippen molar-refractivity contribution in [1.82, 2.24) is 9.62 Å². The van der Waals surface area contributed by atoms with Crippen molar-refractivity contribution in [2.24, 2.45) is 0 Å². The van der Waals surface area contributed by atoms with Gasteiger partial charge in [-0.15, -0.1) is 0 Å². The normalized spacial score (nSPS) is 16.5. The van der Waals surface area contributed by atoms with E-state index in [0.717, 1.165) is 19.4 Å². The first-order chi connectivity index (χ1) is 14.8. The Balaban J connectivity index is 1.78. The summed E-state index contributed by atoms with van der Waals surface area (Å²) in [6, 6.07) is 11.0. The molecule has 168 valence electrons. The zero-order chi connectivity index (χ0) is 22.4. The average molecular weight is 467 g/mol. The Labute approximate surface area is 188 Å². The van der Waals surface area contributed by atoms with E-state index in [-0.39, 0.29) is 23.5 Å². The lowest BCUT2D eigenvalue weighted by Gasteiger charge is -2.20. The van der Waals surface area contributed by atoms with Crippen LogP contribution in [0.25, 0.3) is 0 Å². The van der Waals surface area contributed by atoms with Crippen molar-refractivity contribution in [3.8, 4) is 5.75 Å². The fourth-order valence-corrected chi connectivity index (χ4v) is 4.64. The maximum Gasteiger partial charge on any atom is 0.251 e. The number of amides is 1. The van der Waals surface area contributed by atoms with Crippen LogP contribution in [-0.4, -0.2) is 51.5 Å². The minimum absolute atomic E-state index is 0.0433. The molecule has 1 saturated heterocycles. The maximum atomic E-state index is 12.9. The maximum absolute atomic E-state index is 12.9. The highest BCUT2D eigenvalue weighted by molar-refractivity contribution is 7.89. The third kappa shape index (κ3) is 5.98. The smallest absolute Gasteiger partial charge is 0.251 e. The van der Waals surface area contributed by atoms with Crippen LogP contribution in [0.1, 0.15) is 35.7 Å². The van der Waals surface area contributed by atoms with Crippen molar-refractivity contribution >= 4 is 27.5 Å². The minimum atomic E-state index is -3.74. The number of hydrogen-bond acceptors (Lipinski definition) is 5. The van der Waals surface area contributed by atoms with Gasteiger partial charge in [-0.05, 0) is 62.2 Å². The molecule has 2 aromatic carbocycles. The third-order valence-corrected chi connectivity index (χ3v) is 7.12. The van der Waals surface area contributed by atoms with Gasteiger partial charge in [0, 0.05) is 42.9 Å². The lowest BCUT2D eigenvalue weighted by atomic mass is 10.1. The number of hydrogen-bond donors (Lipinski definition) is 1. The first-order valence-electron chi connectivity index (χ1n) is 10.2. The van der Waals surface area contributed by atoms with Gasteiger partial charge in [-0.25, -0.2) is 8.42 Å². The van der Waals surface area contributed by atoms with Gasteiger partial charge < -0.3 is 14.8 Å². The van der Waals surface area contributed by atoms with E-state index < -0.39 is 10.0 Å². The van der Waals surface area contributed by atoms with E-state index >= 15 is 0 Å². The molecule has 0 aromatic heterocycles. The molecule has 1 heterocycles. The predicted octanol–water partition coefficient (Wildman–Crippen LogP) is 3.47. The van der Waals surface area contributed by atoms with E-state index in [1.165, 1.54) is 35.6 Å². The van der Waals surface area contributed by atoms with Crippen LogP contribution in [0.3, 0.4) is 0 Å². The fraction of sp³-hybridized carbons (Fsp3) is 0.409. The lowest BCUT2D eigenvalue weighted by molar-refractivity contribution is 0.0857. The topological polar surface area (TPSA) is 84.9 Å². The number of ether oxygens (including phenoxy) is 2. The Morgan fingerprint density at radius 3 is 2.65 bits per heavy atom. The zero-order valence-electron chi connectivity index (χ0n) is 17.6. The molecular weight excluding hydrogens is 440 g/mol. The molecule has 0 bridgehead atoms. The second-order valence-corrected chi connectivity index (χ2v) is 9.80. The second kappa shape index (κ2) is 10.5. The molecule has 1 fully saturated rings. The summed E-state index contributed by atoms with van der Waals surface area (Å²) in [5.41, 5.74) is 1.04. The highest BCUT2D eigenvalue weighted by Gasteiger charge is 2.23. The molecule has 3 rings (SSSR count). The zero-order valence-corrected chi connectivity index (χ0v) is 19.2. The summed E-state index contributed by atoms with van der Waals surface area (Å²) in [6.45, 7) is 3.49. The van der Waals surface area contributed by atoms with Crippen molar-refractivity contribution in [3.63, 3.8) is 0 Å². The van der Waals surface area contributed by atoms with Gasteiger partial charge in [0.05, 0.1) is 17.6 Å². The van der Waals surface area contributed by atoms with Gasteiger partial charge in [-0.1, -0.05) is 11.6 Å². The molecule has 0 spiro atoms. The van der Waals surface area contributed by atoms with Crippen LogP contribution >= 0.6 is 11.6 Å². The predicted molar refractivity (Wildman–Crippen MR) is 119 cm³/mol. The summed E-state index contributed by atoms with van der Waals surface area (Å²) >= 11 is 5.87. The van der Waals surface area contributed by atoms with Crippen LogP contribution in [0, 0.1) is 0 Å². The van der Waals surface area contributed by atoms with Gasteiger partial charge in [0.15, 0.2) is 0 Å². The van der Waals surface area contributed by atoms with Gasteiger partial charge in [-0.3, -0.25) is 4.79 Å². The monoisotopic (exact) mass is 466 g/mol. The standard InChI is InChI=1S/C22H27ClN2O5S/c1-3-29-21-11-6-16(22(26)24-14-19-5-4-12-30-19)13-17(21)15-25(2)31(27,28)20-9-7-18(23)8-10-20/h6-11,13,19H,3-5,12,14-15H2,1-2H3,(H,24,26)/t19-/m0/s1. The number of carbonyl (C=O) groups excluding carboxylic acids is 1. The summed E-state index contributed by atoms with van der Waals surface area (Å²) in [7, 11) is -2.25. The third-order valence-electron chi connectivity index (χ3n) is 5.05. The molecule has 0 aliphatic carbocycles. The minimum Gasteiger partial charge on any atom is -0.494 e. The summed E-state index contributed by atoms with van der Waals surface area (Å²) in [4.78, 5) is 12.7. The van der Waals surface area contributed by atoms with Crippen LogP contribution in [-0.2, 0) is 21.3 Å². The average Bonchev–Trinajstić information content (AvgIpc) is 3.27. The van der Waals surface area contributed by atoms with Crippen molar-refractivity contribution in [1.29, 1.82) is 0 Å². The molecule has 31 heavy (non-hydrogen) atoms. The number of nitrogens with one attached hydrogen (secondary N) is 1.